The van der Waals surface area contributed by atoms with Crippen molar-refractivity contribution in [3.63, 3.8) is 0 Å². The van der Waals surface area contributed by atoms with E-state index in [1.807, 2.05) is 192 Å². The number of halogens is 2. The first-order valence-corrected chi connectivity index (χ1v) is 26.6. The summed E-state index contributed by atoms with van der Waals surface area (Å²) in [6, 6.07) is 80.3. The first kappa shape index (κ1) is 42.7. The maximum absolute atomic E-state index is 17.4. The van der Waals surface area contributed by atoms with Crippen LogP contribution in [0.3, 0.4) is 0 Å². The average molecular weight is 925 g/mol. The number of furan rings is 1. The Morgan fingerprint density at radius 1 is 0.357 bits per heavy atom. The standard InChI is InChI=1S/C64H46F2N2OSi/c1-70(2)60-36-34-51(67(49-29-17-7-18-30-49)61-54(45-25-13-5-14-26-45)37-47(39-57(61)65)43-21-9-3-10-22-43)41-56(60)63-64(70)53-35-33-52(42-59(53)69-63)68(50-31-19-8-20-32-50)62-55(46-27-15-6-16-28-46)38-48(40-58(62)66)44-23-11-4-12-24-44/h3-42H,1-2H3. The lowest BCUT2D eigenvalue weighted by Crippen LogP contribution is -2.49. The summed E-state index contributed by atoms with van der Waals surface area (Å²) < 4.78 is 41.8. The number of benzene rings is 10. The number of hydrogen-bond acceptors (Lipinski definition) is 3. The molecule has 1 aromatic heterocycles. The second-order valence-electron chi connectivity index (χ2n) is 18.4. The second-order valence-corrected chi connectivity index (χ2v) is 22.6. The van der Waals surface area contributed by atoms with Crippen LogP contribution in [0.25, 0.3) is 66.8 Å². The molecule has 10 aromatic carbocycles. The third kappa shape index (κ3) is 7.41. The van der Waals surface area contributed by atoms with Crippen molar-refractivity contribution in [3.8, 4) is 55.8 Å². The van der Waals surface area contributed by atoms with E-state index < -0.39 is 8.07 Å². The zero-order chi connectivity index (χ0) is 47.3. The van der Waals surface area contributed by atoms with Crippen molar-refractivity contribution in [2.24, 2.45) is 0 Å². The molecule has 11 aromatic rings. The number of anilines is 6. The highest BCUT2D eigenvalue weighted by atomic mass is 28.3. The van der Waals surface area contributed by atoms with Gasteiger partial charge in [0.1, 0.15) is 31.1 Å². The maximum Gasteiger partial charge on any atom is 0.148 e. The van der Waals surface area contributed by atoms with E-state index in [1.54, 1.807) is 12.1 Å². The smallest absolute Gasteiger partial charge is 0.148 e. The third-order valence-electron chi connectivity index (χ3n) is 13.7. The molecule has 70 heavy (non-hydrogen) atoms. The third-order valence-corrected chi connectivity index (χ3v) is 17.3. The molecular weight excluding hydrogens is 879 g/mol. The van der Waals surface area contributed by atoms with Gasteiger partial charge in [0.15, 0.2) is 0 Å². The van der Waals surface area contributed by atoms with Crippen LogP contribution in [0.1, 0.15) is 0 Å². The van der Waals surface area contributed by atoms with Crippen LogP contribution in [0.5, 0.6) is 0 Å². The van der Waals surface area contributed by atoms with Crippen molar-refractivity contribution < 1.29 is 13.2 Å². The fourth-order valence-electron chi connectivity index (χ4n) is 10.5. The molecule has 0 bridgehead atoms. The molecule has 0 radical (unpaired) electrons. The van der Waals surface area contributed by atoms with Gasteiger partial charge in [0.25, 0.3) is 0 Å². The van der Waals surface area contributed by atoms with Gasteiger partial charge in [-0.25, -0.2) is 8.78 Å². The summed E-state index contributed by atoms with van der Waals surface area (Å²) in [4.78, 5) is 4.05. The van der Waals surface area contributed by atoms with Crippen LogP contribution in [0.2, 0.25) is 13.1 Å². The first-order valence-electron chi connectivity index (χ1n) is 23.6. The monoisotopic (exact) mass is 924 g/mol. The number of hydrogen-bond donors (Lipinski definition) is 0. The lowest BCUT2D eigenvalue weighted by atomic mass is 9.95. The predicted molar refractivity (Wildman–Crippen MR) is 289 cm³/mol. The zero-order valence-corrected chi connectivity index (χ0v) is 39.7. The van der Waals surface area contributed by atoms with E-state index in [9.17, 15) is 0 Å². The highest BCUT2D eigenvalue weighted by Crippen LogP contribution is 2.48. The molecule has 1 aliphatic heterocycles. The van der Waals surface area contributed by atoms with E-state index in [0.717, 1.165) is 89.6 Å². The Balaban J connectivity index is 1.02. The van der Waals surface area contributed by atoms with Crippen molar-refractivity contribution >= 4 is 63.5 Å². The molecule has 12 rings (SSSR count). The minimum atomic E-state index is -2.36. The molecule has 0 saturated heterocycles. The molecule has 0 N–H and O–H groups in total. The normalized spacial score (nSPS) is 12.4. The van der Waals surface area contributed by atoms with Gasteiger partial charge in [0.05, 0.1) is 17.1 Å². The van der Waals surface area contributed by atoms with Gasteiger partial charge in [-0.1, -0.05) is 177 Å². The van der Waals surface area contributed by atoms with Gasteiger partial charge in [-0.05, 0) is 117 Å². The molecule has 0 aliphatic carbocycles. The predicted octanol–water partition coefficient (Wildman–Crippen LogP) is 17.1. The molecular formula is C64H46F2N2OSi. The fourth-order valence-corrected chi connectivity index (χ4v) is 13.7. The molecule has 0 saturated carbocycles. The van der Waals surface area contributed by atoms with E-state index in [1.165, 1.54) is 10.4 Å². The molecule has 336 valence electrons. The summed E-state index contributed by atoms with van der Waals surface area (Å²) in [7, 11) is -2.36. The zero-order valence-electron chi connectivity index (χ0n) is 38.7. The van der Waals surface area contributed by atoms with Crippen LogP contribution in [0.4, 0.5) is 42.9 Å². The van der Waals surface area contributed by atoms with Gasteiger partial charge >= 0.3 is 0 Å². The van der Waals surface area contributed by atoms with Crippen LogP contribution in [-0.4, -0.2) is 8.07 Å². The van der Waals surface area contributed by atoms with Gasteiger partial charge in [0.2, 0.25) is 0 Å². The lowest BCUT2D eigenvalue weighted by Gasteiger charge is -2.29. The largest absolute Gasteiger partial charge is 0.456 e. The van der Waals surface area contributed by atoms with Crippen LogP contribution >= 0.6 is 0 Å². The summed E-state index contributed by atoms with van der Waals surface area (Å²) in [5.74, 6) is 0.151. The van der Waals surface area contributed by atoms with E-state index in [2.05, 4.69) is 61.6 Å². The van der Waals surface area contributed by atoms with Gasteiger partial charge in [-0.2, -0.15) is 0 Å². The highest BCUT2D eigenvalue weighted by molar-refractivity contribution is 7.05. The van der Waals surface area contributed by atoms with Crippen molar-refractivity contribution in [2.75, 3.05) is 9.80 Å². The summed E-state index contributed by atoms with van der Waals surface area (Å²) in [6.07, 6.45) is 0. The fraction of sp³-hybridized carbons (Fsp3) is 0.0312. The number of rotatable bonds is 10. The van der Waals surface area contributed by atoms with E-state index >= 15 is 8.78 Å². The summed E-state index contributed by atoms with van der Waals surface area (Å²) in [5, 5.41) is 3.51. The average Bonchev–Trinajstić information content (AvgIpc) is 3.90. The molecule has 0 unspecified atom stereocenters. The Bertz CT molecular complexity index is 3700. The second kappa shape index (κ2) is 17.5. The molecule has 0 fully saturated rings. The van der Waals surface area contributed by atoms with Crippen molar-refractivity contribution in [1.29, 1.82) is 0 Å². The van der Waals surface area contributed by atoms with Gasteiger partial charge < -0.3 is 14.2 Å². The maximum atomic E-state index is 17.4. The highest BCUT2D eigenvalue weighted by Gasteiger charge is 2.43. The van der Waals surface area contributed by atoms with Crippen molar-refractivity contribution in [3.05, 3.63) is 254 Å². The van der Waals surface area contributed by atoms with Crippen LogP contribution in [-0.2, 0) is 0 Å². The Labute approximate surface area is 407 Å². The Hall–Kier alpha value is -8.58. The number of para-hydroxylation sites is 2. The topological polar surface area (TPSA) is 19.6 Å². The lowest BCUT2D eigenvalue weighted by molar-refractivity contribution is 0.628. The van der Waals surface area contributed by atoms with E-state index in [4.69, 9.17) is 4.42 Å². The molecule has 0 atom stereocenters. The Kier molecular flexibility index (Phi) is 10.7. The minimum Gasteiger partial charge on any atom is -0.456 e. The first-order chi connectivity index (χ1) is 34.3. The summed E-state index contributed by atoms with van der Waals surface area (Å²) in [6.45, 7) is 4.74. The Morgan fingerprint density at radius 3 is 1.21 bits per heavy atom. The molecule has 6 heteroatoms. The number of fused-ring (bicyclic) bond motifs is 5. The van der Waals surface area contributed by atoms with Crippen LogP contribution in [0, 0.1) is 11.6 Å². The Morgan fingerprint density at radius 2 is 0.757 bits per heavy atom. The van der Waals surface area contributed by atoms with E-state index in [0.29, 0.717) is 11.4 Å². The molecule has 1 aliphatic rings. The number of nitrogens with zero attached hydrogens (tertiary/aromatic N) is 2. The SMILES string of the molecule is C[Si]1(C)c2ccc(N(c3ccccc3)c3c(F)cc(-c4ccccc4)cc3-c3ccccc3)cc2-c2oc3cc(N(c4ccccc4)c4c(F)cc(-c5ccccc5)cc4-c4ccccc4)ccc3c21. The molecule has 3 nitrogen and oxygen atoms in total. The summed E-state index contributed by atoms with van der Waals surface area (Å²) >= 11 is 0. The minimum absolute atomic E-state index is 0.333. The molecule has 0 spiro atoms. The summed E-state index contributed by atoms with van der Waals surface area (Å²) in [5.41, 5.74) is 12.7. The van der Waals surface area contributed by atoms with Gasteiger partial charge in [-0.3, -0.25) is 0 Å². The van der Waals surface area contributed by atoms with Crippen molar-refractivity contribution in [1.82, 2.24) is 0 Å². The quantitative estimate of drug-likeness (QED) is 0.127. The van der Waals surface area contributed by atoms with Gasteiger partial charge in [0, 0.05) is 45.2 Å². The van der Waals surface area contributed by atoms with Crippen molar-refractivity contribution in [2.45, 2.75) is 13.1 Å². The molecule has 0 amide bonds. The van der Waals surface area contributed by atoms with Crippen LogP contribution in [0.15, 0.2) is 247 Å². The van der Waals surface area contributed by atoms with Gasteiger partial charge in [-0.15, -0.1) is 0 Å². The van der Waals surface area contributed by atoms with E-state index in [-0.39, 0.29) is 11.6 Å². The van der Waals surface area contributed by atoms with Crippen LogP contribution < -0.4 is 20.2 Å². The molecule has 2 heterocycles.